The van der Waals surface area contributed by atoms with Crippen molar-refractivity contribution >= 4 is 23.5 Å². The van der Waals surface area contributed by atoms with E-state index in [1.807, 2.05) is 30.5 Å². The smallest absolute Gasteiger partial charge is 0.169 e. The third kappa shape index (κ3) is 5.58. The Labute approximate surface area is 128 Å². The topological polar surface area (TPSA) is 43.6 Å². The predicted octanol–water partition coefficient (Wildman–Crippen LogP) is 3.39. The normalized spacial score (nSPS) is 11.8. The lowest BCUT2D eigenvalue weighted by molar-refractivity contribution is -0.145. The van der Waals surface area contributed by atoms with Gasteiger partial charge in [-0.2, -0.15) is 18.0 Å². The highest BCUT2D eigenvalue weighted by atomic mass is 32.2. The fraction of sp³-hybridized carbons (Fsp3) is 0.417. The van der Waals surface area contributed by atoms with Crippen LogP contribution in [0, 0.1) is 0 Å². The van der Waals surface area contributed by atoms with Crippen LogP contribution in [0.4, 0.5) is 13.2 Å². The van der Waals surface area contributed by atoms with Crippen LogP contribution in [-0.4, -0.2) is 32.6 Å². The highest BCUT2D eigenvalue weighted by molar-refractivity contribution is 7.98. The summed E-state index contributed by atoms with van der Waals surface area (Å²) in [7, 11) is 0. The van der Waals surface area contributed by atoms with Crippen molar-refractivity contribution in [3.63, 3.8) is 0 Å². The van der Waals surface area contributed by atoms with E-state index in [0.29, 0.717) is 16.4 Å². The number of thioether (sulfide) groups is 2. The van der Waals surface area contributed by atoms with Gasteiger partial charge in [-0.15, -0.1) is 33.7 Å². The van der Waals surface area contributed by atoms with Crippen molar-refractivity contribution in [2.45, 2.75) is 29.1 Å². The molecule has 0 bridgehead atoms. The Balaban J connectivity index is 1.80. The van der Waals surface area contributed by atoms with Gasteiger partial charge in [-0.25, -0.2) is 0 Å². The molecule has 0 aliphatic heterocycles. The zero-order chi connectivity index (χ0) is 15.3. The second-order valence-corrected chi connectivity index (χ2v) is 6.06. The Bertz CT molecular complexity index is 569. The maximum atomic E-state index is 12.2. The summed E-state index contributed by atoms with van der Waals surface area (Å²) in [6, 6.07) is 8.15. The van der Waals surface area contributed by atoms with Crippen LogP contribution >= 0.6 is 23.5 Å². The maximum Gasteiger partial charge on any atom is 0.409 e. The van der Waals surface area contributed by atoms with Gasteiger partial charge in [0.25, 0.3) is 0 Å². The summed E-state index contributed by atoms with van der Waals surface area (Å²) in [6.07, 6.45) is -2.32. The number of hydrogen-bond acceptors (Lipinski definition) is 5. The molecule has 0 N–H and O–H groups in total. The van der Waals surface area contributed by atoms with Crippen molar-refractivity contribution in [3.05, 3.63) is 35.7 Å². The van der Waals surface area contributed by atoms with E-state index in [-0.39, 0.29) is 0 Å². The Kier molecular flexibility index (Phi) is 5.51. The molecule has 114 valence electrons. The molecule has 0 saturated carbocycles. The van der Waals surface area contributed by atoms with Gasteiger partial charge in [-0.1, -0.05) is 12.1 Å². The number of tetrazole rings is 1. The minimum atomic E-state index is -4.33. The number of rotatable bonds is 6. The molecule has 4 nitrogen and oxygen atoms in total. The Hall–Kier alpha value is -1.22. The molecule has 0 aliphatic rings. The summed E-state index contributed by atoms with van der Waals surface area (Å²) < 4.78 is 36.5. The van der Waals surface area contributed by atoms with E-state index >= 15 is 0 Å². The Morgan fingerprint density at radius 3 is 2.48 bits per heavy atom. The predicted molar refractivity (Wildman–Crippen MR) is 77.1 cm³/mol. The largest absolute Gasteiger partial charge is 0.409 e. The van der Waals surface area contributed by atoms with Crippen LogP contribution in [0.5, 0.6) is 0 Å². The molecule has 0 spiro atoms. The zero-order valence-electron chi connectivity index (χ0n) is 11.2. The summed E-state index contributed by atoms with van der Waals surface area (Å²) in [5.41, 5.74) is 1.15. The summed E-state index contributed by atoms with van der Waals surface area (Å²) >= 11 is 3.21. The van der Waals surface area contributed by atoms with Gasteiger partial charge in [-0.3, -0.25) is 0 Å². The molecule has 0 fully saturated rings. The van der Waals surface area contributed by atoms with Gasteiger partial charge < -0.3 is 0 Å². The molecule has 2 rings (SSSR count). The molecule has 0 unspecified atom stereocenters. The molecule has 0 radical (unpaired) electrons. The molecule has 1 heterocycles. The van der Waals surface area contributed by atoms with Gasteiger partial charge in [0.05, 0.1) is 5.75 Å². The molecule has 0 amide bonds. The van der Waals surface area contributed by atoms with E-state index in [1.54, 1.807) is 11.8 Å². The molecular weight excluding hydrogens is 321 g/mol. The Morgan fingerprint density at radius 2 is 1.86 bits per heavy atom. The van der Waals surface area contributed by atoms with Crippen LogP contribution in [0.25, 0.3) is 0 Å². The van der Waals surface area contributed by atoms with E-state index in [2.05, 4.69) is 15.4 Å². The van der Waals surface area contributed by atoms with E-state index in [0.717, 1.165) is 11.3 Å². The molecule has 0 atom stereocenters. The van der Waals surface area contributed by atoms with Gasteiger partial charge in [-0.05, 0) is 29.2 Å². The van der Waals surface area contributed by atoms with Crippen molar-refractivity contribution in [1.29, 1.82) is 0 Å². The second-order valence-electron chi connectivity index (χ2n) is 4.19. The number of benzene rings is 1. The van der Waals surface area contributed by atoms with E-state index < -0.39 is 12.7 Å². The highest BCUT2D eigenvalue weighted by Crippen LogP contribution is 2.20. The van der Waals surface area contributed by atoms with Crippen molar-refractivity contribution in [3.8, 4) is 0 Å². The molecule has 21 heavy (non-hydrogen) atoms. The minimum Gasteiger partial charge on any atom is -0.169 e. The third-order valence-corrected chi connectivity index (χ3v) is 4.22. The van der Waals surface area contributed by atoms with Crippen molar-refractivity contribution in [2.75, 3.05) is 6.26 Å². The molecule has 9 heteroatoms. The lowest BCUT2D eigenvalue weighted by Gasteiger charge is -2.03. The first-order valence-corrected chi connectivity index (χ1v) is 8.38. The lowest BCUT2D eigenvalue weighted by atomic mass is 10.2. The second kappa shape index (κ2) is 7.17. The highest BCUT2D eigenvalue weighted by Gasteiger charge is 2.29. The summed E-state index contributed by atoms with van der Waals surface area (Å²) in [4.78, 5) is 1.77. The molecular formula is C12H13F3N4S2. The van der Waals surface area contributed by atoms with Gasteiger partial charge >= 0.3 is 6.18 Å². The van der Waals surface area contributed by atoms with E-state index in [4.69, 9.17) is 0 Å². The van der Waals surface area contributed by atoms with Crippen molar-refractivity contribution < 1.29 is 13.2 Å². The van der Waals surface area contributed by atoms with Crippen LogP contribution < -0.4 is 0 Å². The summed E-state index contributed by atoms with van der Waals surface area (Å²) in [5, 5.41) is 10.7. The zero-order valence-corrected chi connectivity index (χ0v) is 12.8. The van der Waals surface area contributed by atoms with Gasteiger partial charge in [0.2, 0.25) is 0 Å². The Morgan fingerprint density at radius 1 is 1.14 bits per heavy atom. The molecule has 1 aromatic carbocycles. The molecule has 2 aromatic rings. The van der Waals surface area contributed by atoms with Crippen LogP contribution in [0.3, 0.4) is 0 Å². The van der Waals surface area contributed by atoms with E-state index in [1.165, 1.54) is 16.7 Å². The lowest BCUT2D eigenvalue weighted by Crippen LogP contribution is -2.19. The van der Waals surface area contributed by atoms with Crippen LogP contribution in [-0.2, 0) is 18.1 Å². The van der Waals surface area contributed by atoms with Crippen molar-refractivity contribution in [1.82, 2.24) is 20.2 Å². The fourth-order valence-corrected chi connectivity index (χ4v) is 2.78. The average molecular weight is 334 g/mol. The van der Waals surface area contributed by atoms with Crippen LogP contribution in [0.1, 0.15) is 11.4 Å². The monoisotopic (exact) mass is 334 g/mol. The van der Waals surface area contributed by atoms with Gasteiger partial charge in [0.15, 0.2) is 12.4 Å². The fourth-order valence-electron chi connectivity index (χ4n) is 1.54. The number of halogens is 3. The summed E-state index contributed by atoms with van der Waals surface area (Å²) in [5.74, 6) is 1.50. The number of nitrogens with zero attached hydrogens (tertiary/aromatic N) is 4. The minimum absolute atomic E-state index is 0.310. The third-order valence-electron chi connectivity index (χ3n) is 2.47. The molecule has 0 aliphatic carbocycles. The van der Waals surface area contributed by atoms with Gasteiger partial charge in [0, 0.05) is 10.6 Å². The number of alkyl halides is 3. The van der Waals surface area contributed by atoms with Crippen molar-refractivity contribution in [2.24, 2.45) is 0 Å². The number of hydrogen-bond donors (Lipinski definition) is 0. The summed E-state index contributed by atoms with van der Waals surface area (Å²) in [6.45, 7) is -1.21. The van der Waals surface area contributed by atoms with Crippen LogP contribution in [0.2, 0.25) is 0 Å². The standard InChI is InChI=1S/C12H13F3N4S2/c1-20-10-4-2-9(3-5-10)6-21-7-11-16-18-19(17-11)8-12(13,14)15/h2-5H,6-8H2,1H3. The molecule has 1 aromatic heterocycles. The first-order valence-electron chi connectivity index (χ1n) is 6.00. The quantitative estimate of drug-likeness (QED) is 0.758. The number of aromatic nitrogens is 4. The van der Waals surface area contributed by atoms with Crippen LogP contribution in [0.15, 0.2) is 29.2 Å². The SMILES string of the molecule is CSc1ccc(CSCc2nnn(CC(F)(F)F)n2)cc1. The maximum absolute atomic E-state index is 12.2. The van der Waals surface area contributed by atoms with E-state index in [9.17, 15) is 13.2 Å². The molecule has 0 saturated heterocycles. The average Bonchev–Trinajstić information content (AvgIpc) is 2.85. The van der Waals surface area contributed by atoms with Gasteiger partial charge in [0.1, 0.15) is 0 Å². The first-order chi connectivity index (χ1) is 9.96. The first kappa shape index (κ1) is 16.2.